The maximum atomic E-state index is 11.9. The van der Waals surface area contributed by atoms with Crippen molar-refractivity contribution in [3.63, 3.8) is 0 Å². The maximum Gasteiger partial charge on any atom is 0.272 e. The minimum Gasteiger partial charge on any atom is -0.316 e. The molecule has 98 valence electrons. The minimum absolute atomic E-state index is 0.195. The van der Waals surface area contributed by atoms with E-state index >= 15 is 0 Å². The predicted octanol–water partition coefficient (Wildman–Crippen LogP) is 0.328. The summed E-state index contributed by atoms with van der Waals surface area (Å²) in [5.74, 6) is 0.195. The summed E-state index contributed by atoms with van der Waals surface area (Å²) in [6.07, 6.45) is 3.38. The molecular formula is C15H16N2O2. The standard InChI is InChI=1S/C15H16N2O2/c1-10(2)8-12-14(18)17-13(15(19)16-12)9-11-6-4-3-5-7-11/h3-10H,1-2H3,(H,16,19)(H,17,18)/b12-8-,13-9-. The number of nitrogens with one attached hydrogen (secondary N) is 2. The van der Waals surface area contributed by atoms with Crippen LogP contribution in [0.5, 0.6) is 0 Å². The van der Waals surface area contributed by atoms with Crippen LogP contribution in [0.15, 0.2) is 39.9 Å². The Morgan fingerprint density at radius 3 is 2.16 bits per heavy atom. The largest absolute Gasteiger partial charge is 0.316 e. The highest BCUT2D eigenvalue weighted by Crippen LogP contribution is 1.97. The van der Waals surface area contributed by atoms with E-state index in [1.807, 2.05) is 44.2 Å². The fraction of sp³-hybridized carbons (Fsp3) is 0.200. The first kappa shape index (κ1) is 13.1. The molecule has 2 aromatic rings. The zero-order valence-electron chi connectivity index (χ0n) is 10.9. The van der Waals surface area contributed by atoms with Crippen LogP contribution in [0.4, 0.5) is 0 Å². The molecule has 0 radical (unpaired) electrons. The molecule has 19 heavy (non-hydrogen) atoms. The van der Waals surface area contributed by atoms with Gasteiger partial charge in [-0.15, -0.1) is 0 Å². The van der Waals surface area contributed by atoms with Crippen LogP contribution in [-0.4, -0.2) is 9.97 Å². The van der Waals surface area contributed by atoms with Gasteiger partial charge in [0.1, 0.15) is 10.7 Å². The van der Waals surface area contributed by atoms with Gasteiger partial charge in [-0.3, -0.25) is 9.59 Å². The SMILES string of the molecule is CC(C)/C=c1\[nH]c(=O)/c(=C/c2ccccc2)[nH]c1=O. The van der Waals surface area contributed by atoms with Crippen LogP contribution in [0.25, 0.3) is 12.2 Å². The Balaban J connectivity index is 2.64. The Bertz CT molecular complexity index is 783. The molecule has 0 aliphatic rings. The zero-order chi connectivity index (χ0) is 13.8. The van der Waals surface area contributed by atoms with Gasteiger partial charge in [-0.1, -0.05) is 50.3 Å². The van der Waals surface area contributed by atoms with Crippen LogP contribution >= 0.6 is 0 Å². The van der Waals surface area contributed by atoms with Crippen LogP contribution in [0.1, 0.15) is 19.4 Å². The molecule has 1 heterocycles. The van der Waals surface area contributed by atoms with Crippen molar-refractivity contribution in [2.24, 2.45) is 5.92 Å². The molecule has 0 bridgehead atoms. The van der Waals surface area contributed by atoms with Crippen LogP contribution in [0.2, 0.25) is 0 Å². The number of rotatable bonds is 2. The third-order valence-corrected chi connectivity index (χ3v) is 2.60. The summed E-state index contributed by atoms with van der Waals surface area (Å²) in [4.78, 5) is 29.0. The van der Waals surface area contributed by atoms with Gasteiger partial charge in [-0.05, 0) is 17.6 Å². The van der Waals surface area contributed by atoms with E-state index in [0.29, 0.717) is 5.35 Å². The molecule has 0 saturated carbocycles. The van der Waals surface area contributed by atoms with Crippen LogP contribution in [0, 0.1) is 5.92 Å². The number of aromatic amines is 2. The quantitative estimate of drug-likeness (QED) is 0.813. The van der Waals surface area contributed by atoms with Crippen LogP contribution in [0.3, 0.4) is 0 Å². The first-order chi connectivity index (χ1) is 9.06. The monoisotopic (exact) mass is 256 g/mol. The lowest BCUT2D eigenvalue weighted by atomic mass is 10.2. The van der Waals surface area contributed by atoms with E-state index < -0.39 is 0 Å². The molecule has 4 nitrogen and oxygen atoms in total. The minimum atomic E-state index is -0.296. The van der Waals surface area contributed by atoms with Crippen molar-refractivity contribution in [2.75, 3.05) is 0 Å². The van der Waals surface area contributed by atoms with Crippen molar-refractivity contribution in [2.45, 2.75) is 13.8 Å². The van der Waals surface area contributed by atoms with Gasteiger partial charge in [0.25, 0.3) is 11.1 Å². The van der Waals surface area contributed by atoms with Gasteiger partial charge in [-0.2, -0.15) is 0 Å². The fourth-order valence-corrected chi connectivity index (χ4v) is 1.76. The smallest absolute Gasteiger partial charge is 0.272 e. The van der Waals surface area contributed by atoms with E-state index in [0.717, 1.165) is 5.56 Å². The highest BCUT2D eigenvalue weighted by molar-refractivity contribution is 5.47. The molecule has 0 aliphatic carbocycles. The molecule has 0 aliphatic heterocycles. The normalized spacial score (nSPS) is 13.2. The van der Waals surface area contributed by atoms with Gasteiger partial charge in [0.05, 0.1) is 0 Å². The summed E-state index contributed by atoms with van der Waals surface area (Å²) in [5, 5.41) is 0.572. The fourth-order valence-electron chi connectivity index (χ4n) is 1.76. The molecular weight excluding hydrogens is 240 g/mol. The summed E-state index contributed by atoms with van der Waals surface area (Å²) in [5.41, 5.74) is 0.287. The molecule has 0 saturated heterocycles. The van der Waals surface area contributed by atoms with Gasteiger partial charge in [-0.25, -0.2) is 0 Å². The Kier molecular flexibility index (Phi) is 3.80. The molecule has 0 unspecified atom stereocenters. The summed E-state index contributed by atoms with van der Waals surface area (Å²) in [6, 6.07) is 9.38. The average Bonchev–Trinajstić information content (AvgIpc) is 2.36. The van der Waals surface area contributed by atoms with Crippen LogP contribution in [-0.2, 0) is 0 Å². The third-order valence-electron chi connectivity index (χ3n) is 2.60. The highest BCUT2D eigenvalue weighted by Gasteiger charge is 1.96. The molecule has 1 aromatic heterocycles. The summed E-state index contributed by atoms with van der Waals surface area (Å²) < 4.78 is 0. The van der Waals surface area contributed by atoms with Crippen molar-refractivity contribution >= 4 is 12.2 Å². The lowest BCUT2D eigenvalue weighted by Crippen LogP contribution is -2.47. The average molecular weight is 256 g/mol. The third kappa shape index (κ3) is 3.31. The van der Waals surface area contributed by atoms with Crippen molar-refractivity contribution in [3.05, 3.63) is 67.3 Å². The molecule has 0 amide bonds. The van der Waals surface area contributed by atoms with E-state index in [1.165, 1.54) is 0 Å². The highest BCUT2D eigenvalue weighted by atomic mass is 16.1. The molecule has 0 fully saturated rings. The Labute approximate surface area is 110 Å². The number of H-pyrrole nitrogens is 2. The Morgan fingerprint density at radius 2 is 1.53 bits per heavy atom. The molecule has 2 rings (SSSR count). The first-order valence-corrected chi connectivity index (χ1v) is 6.17. The number of benzene rings is 1. The summed E-state index contributed by atoms with van der Waals surface area (Å²) >= 11 is 0. The lowest BCUT2D eigenvalue weighted by molar-refractivity contribution is 0.866. The topological polar surface area (TPSA) is 65.7 Å². The maximum absolute atomic E-state index is 11.9. The van der Waals surface area contributed by atoms with E-state index in [2.05, 4.69) is 9.97 Å². The van der Waals surface area contributed by atoms with E-state index in [-0.39, 0.29) is 22.4 Å². The predicted molar refractivity (Wildman–Crippen MR) is 76.2 cm³/mol. The van der Waals surface area contributed by atoms with Crippen LogP contribution < -0.4 is 21.8 Å². The lowest BCUT2D eigenvalue weighted by Gasteiger charge is -1.94. The van der Waals surface area contributed by atoms with Gasteiger partial charge in [0.2, 0.25) is 0 Å². The van der Waals surface area contributed by atoms with Gasteiger partial charge in [0, 0.05) is 0 Å². The molecule has 4 heteroatoms. The van der Waals surface area contributed by atoms with Crippen molar-refractivity contribution in [3.8, 4) is 0 Å². The number of hydrogen-bond acceptors (Lipinski definition) is 2. The van der Waals surface area contributed by atoms with Crippen molar-refractivity contribution < 1.29 is 0 Å². The van der Waals surface area contributed by atoms with Crippen molar-refractivity contribution in [1.29, 1.82) is 0 Å². The second kappa shape index (κ2) is 5.52. The van der Waals surface area contributed by atoms with Gasteiger partial charge < -0.3 is 9.97 Å². The Morgan fingerprint density at radius 1 is 0.947 bits per heavy atom. The number of hydrogen-bond donors (Lipinski definition) is 2. The van der Waals surface area contributed by atoms with Gasteiger partial charge in [0.15, 0.2) is 0 Å². The first-order valence-electron chi connectivity index (χ1n) is 6.17. The number of aromatic nitrogens is 2. The Hall–Kier alpha value is -2.36. The molecule has 0 spiro atoms. The zero-order valence-corrected chi connectivity index (χ0v) is 10.9. The summed E-state index contributed by atoms with van der Waals surface area (Å²) in [7, 11) is 0. The van der Waals surface area contributed by atoms with E-state index in [4.69, 9.17) is 0 Å². The van der Waals surface area contributed by atoms with Crippen molar-refractivity contribution in [1.82, 2.24) is 9.97 Å². The second-order valence-electron chi connectivity index (χ2n) is 4.70. The van der Waals surface area contributed by atoms with Gasteiger partial charge >= 0.3 is 0 Å². The summed E-state index contributed by atoms with van der Waals surface area (Å²) in [6.45, 7) is 3.89. The molecule has 2 N–H and O–H groups in total. The molecule has 0 atom stereocenters. The second-order valence-corrected chi connectivity index (χ2v) is 4.70. The molecule has 1 aromatic carbocycles. The van der Waals surface area contributed by atoms with E-state index in [9.17, 15) is 9.59 Å². The van der Waals surface area contributed by atoms with E-state index in [1.54, 1.807) is 12.2 Å².